The number of carbonyl (C=O) groups excluding carboxylic acids is 1. The first-order valence-corrected chi connectivity index (χ1v) is 12.1. The second kappa shape index (κ2) is 10.3. The Bertz CT molecular complexity index is 1080. The van der Waals surface area contributed by atoms with Crippen LogP contribution in [0.3, 0.4) is 0 Å². The molecule has 0 aromatic heterocycles. The minimum absolute atomic E-state index is 0.00284. The lowest BCUT2D eigenvalue weighted by Gasteiger charge is -2.42. The normalized spacial score (nSPS) is 21.9. The van der Waals surface area contributed by atoms with Crippen molar-refractivity contribution in [3.8, 4) is 11.5 Å². The smallest absolute Gasteiger partial charge is 0.331 e. The van der Waals surface area contributed by atoms with Gasteiger partial charge in [0.25, 0.3) is 0 Å². The molecule has 1 aliphatic carbocycles. The molecular formula is C28H33NO5. The fourth-order valence-corrected chi connectivity index (χ4v) is 5.25. The Morgan fingerprint density at radius 3 is 2.68 bits per heavy atom. The van der Waals surface area contributed by atoms with E-state index in [9.17, 15) is 14.7 Å². The van der Waals surface area contributed by atoms with Crippen LogP contribution in [0.25, 0.3) is 0 Å². The molecule has 0 fully saturated rings. The maximum Gasteiger partial charge on any atom is 0.331 e. The summed E-state index contributed by atoms with van der Waals surface area (Å²) in [5.74, 6) is 0.00470. The number of anilines is 1. The number of aryl methyl sites for hydroxylation is 1. The minimum atomic E-state index is -0.885. The van der Waals surface area contributed by atoms with E-state index in [-0.39, 0.29) is 24.0 Å². The number of benzene rings is 2. The molecule has 0 radical (unpaired) electrons. The molecule has 0 saturated heterocycles. The number of carboxylic acids is 1. The van der Waals surface area contributed by atoms with Gasteiger partial charge in [-0.05, 0) is 63.4 Å². The van der Waals surface area contributed by atoms with Gasteiger partial charge >= 0.3 is 11.9 Å². The number of fused-ring (bicyclic) bond motifs is 3. The summed E-state index contributed by atoms with van der Waals surface area (Å²) in [5.41, 5.74) is 3.46. The predicted octanol–water partition coefficient (Wildman–Crippen LogP) is 5.72. The summed E-state index contributed by atoms with van der Waals surface area (Å²) in [5, 5.41) is 13.1. The zero-order valence-electron chi connectivity index (χ0n) is 20.0. The van der Waals surface area contributed by atoms with E-state index in [1.807, 2.05) is 25.1 Å². The summed E-state index contributed by atoms with van der Waals surface area (Å²) < 4.78 is 11.9. The van der Waals surface area contributed by atoms with Gasteiger partial charge in [0.2, 0.25) is 0 Å². The van der Waals surface area contributed by atoms with Gasteiger partial charge in [0, 0.05) is 41.9 Å². The molecule has 2 aliphatic rings. The first-order valence-electron chi connectivity index (χ1n) is 12.1. The maximum atomic E-state index is 11.9. The average molecular weight is 464 g/mol. The Kier molecular flexibility index (Phi) is 7.25. The fraction of sp³-hybridized carbons (Fsp3) is 0.429. The molecule has 6 heteroatoms. The summed E-state index contributed by atoms with van der Waals surface area (Å²) >= 11 is 0. The van der Waals surface area contributed by atoms with Crippen LogP contribution in [-0.4, -0.2) is 29.2 Å². The number of hydrogen-bond acceptors (Lipinski definition) is 5. The third-order valence-electron chi connectivity index (χ3n) is 6.89. The highest BCUT2D eigenvalue weighted by Crippen LogP contribution is 2.51. The van der Waals surface area contributed by atoms with Gasteiger partial charge in [-0.3, -0.25) is 4.79 Å². The highest BCUT2D eigenvalue weighted by molar-refractivity contribution is 5.87. The molecule has 0 bridgehead atoms. The monoisotopic (exact) mass is 463 g/mol. The quantitative estimate of drug-likeness (QED) is 0.385. The van der Waals surface area contributed by atoms with Crippen molar-refractivity contribution in [1.82, 2.24) is 0 Å². The van der Waals surface area contributed by atoms with E-state index in [1.165, 1.54) is 12.5 Å². The molecule has 4 rings (SSSR count). The van der Waals surface area contributed by atoms with E-state index in [0.29, 0.717) is 29.9 Å². The summed E-state index contributed by atoms with van der Waals surface area (Å²) in [6.45, 7) is 5.55. The van der Waals surface area contributed by atoms with Crippen LogP contribution < -0.4 is 14.8 Å². The van der Waals surface area contributed by atoms with Gasteiger partial charge in [0.15, 0.2) is 0 Å². The Balaban J connectivity index is 1.54. The molecule has 4 atom stereocenters. The zero-order chi connectivity index (χ0) is 24.2. The third kappa shape index (κ3) is 5.44. The summed E-state index contributed by atoms with van der Waals surface area (Å²) in [6.07, 6.45) is 5.83. The van der Waals surface area contributed by atoms with Crippen molar-refractivity contribution in [2.24, 2.45) is 5.92 Å². The van der Waals surface area contributed by atoms with Gasteiger partial charge in [-0.25, -0.2) is 4.79 Å². The standard InChI is InChI=1S/C28H33NO5/c1-17(8-7-11-20-9-5-4-6-10-20)33-22-15-25-27(26(16-22)34-19(3)30)24-14-21(28(31)32)12-13-23(24)18(2)29-25/h4-6,9-10,12,15-18,23-24,29H,7-8,11,13-14H2,1-3H3,(H,31,32)/t17?,18?,23-,24+/m0/s1. The molecular weight excluding hydrogens is 430 g/mol. The third-order valence-corrected chi connectivity index (χ3v) is 6.89. The second-order valence-corrected chi connectivity index (χ2v) is 9.46. The van der Waals surface area contributed by atoms with Crippen molar-refractivity contribution in [2.75, 3.05) is 5.32 Å². The Morgan fingerprint density at radius 1 is 1.21 bits per heavy atom. The summed E-state index contributed by atoms with van der Waals surface area (Å²) in [7, 11) is 0. The molecule has 180 valence electrons. The lowest BCUT2D eigenvalue weighted by Crippen LogP contribution is -2.38. The van der Waals surface area contributed by atoms with Gasteiger partial charge in [-0.2, -0.15) is 0 Å². The number of hydrogen-bond donors (Lipinski definition) is 2. The lowest BCUT2D eigenvalue weighted by atomic mass is 9.70. The predicted molar refractivity (Wildman–Crippen MR) is 131 cm³/mol. The molecule has 0 saturated carbocycles. The van der Waals surface area contributed by atoms with E-state index < -0.39 is 11.9 Å². The van der Waals surface area contributed by atoms with Crippen LogP contribution in [0.2, 0.25) is 0 Å². The maximum absolute atomic E-state index is 11.9. The van der Waals surface area contributed by atoms with Gasteiger partial charge in [0.05, 0.1) is 6.10 Å². The topological polar surface area (TPSA) is 84.9 Å². The molecule has 2 N–H and O–H groups in total. The van der Waals surface area contributed by atoms with Gasteiger partial charge in [-0.15, -0.1) is 0 Å². The van der Waals surface area contributed by atoms with Crippen LogP contribution in [0.5, 0.6) is 11.5 Å². The number of allylic oxidation sites excluding steroid dienone is 1. The average Bonchev–Trinajstić information content (AvgIpc) is 2.78. The van der Waals surface area contributed by atoms with Crippen LogP contribution in [0.15, 0.2) is 54.1 Å². The number of nitrogens with one attached hydrogen (secondary N) is 1. The summed E-state index contributed by atoms with van der Waals surface area (Å²) in [6, 6.07) is 14.3. The van der Waals surface area contributed by atoms with E-state index in [2.05, 4.69) is 36.5 Å². The minimum Gasteiger partial charge on any atom is -0.491 e. The molecule has 2 unspecified atom stereocenters. The number of rotatable bonds is 8. The van der Waals surface area contributed by atoms with Crippen molar-refractivity contribution in [1.29, 1.82) is 0 Å². The van der Waals surface area contributed by atoms with Crippen molar-refractivity contribution < 1.29 is 24.2 Å². The number of carboxylic acid groups (broad SMARTS) is 1. The number of aliphatic carboxylic acids is 1. The van der Waals surface area contributed by atoms with Crippen LogP contribution in [0.4, 0.5) is 5.69 Å². The van der Waals surface area contributed by atoms with Crippen LogP contribution in [-0.2, 0) is 16.0 Å². The Morgan fingerprint density at radius 2 is 1.97 bits per heavy atom. The van der Waals surface area contributed by atoms with Gasteiger partial charge in [-0.1, -0.05) is 36.4 Å². The number of ether oxygens (including phenoxy) is 2. The van der Waals surface area contributed by atoms with Gasteiger partial charge in [0.1, 0.15) is 11.5 Å². The van der Waals surface area contributed by atoms with E-state index >= 15 is 0 Å². The SMILES string of the molecule is CC(=O)Oc1cc(OC(C)CCCc2ccccc2)cc2c1[C@@H]1CC(C(=O)O)=CC[C@H]1C(C)N2. The second-order valence-electron chi connectivity index (χ2n) is 9.46. The Labute approximate surface area is 201 Å². The van der Waals surface area contributed by atoms with Crippen molar-refractivity contribution >= 4 is 17.6 Å². The van der Waals surface area contributed by atoms with Crippen LogP contribution in [0, 0.1) is 5.92 Å². The largest absolute Gasteiger partial charge is 0.491 e. The molecule has 0 amide bonds. The van der Waals surface area contributed by atoms with Crippen molar-refractivity contribution in [3.05, 3.63) is 65.2 Å². The van der Waals surface area contributed by atoms with Crippen LogP contribution in [0.1, 0.15) is 63.5 Å². The highest BCUT2D eigenvalue weighted by Gasteiger charge is 2.40. The first kappa shape index (κ1) is 23.9. The Hall–Kier alpha value is -3.28. The lowest BCUT2D eigenvalue weighted by molar-refractivity contribution is -0.133. The van der Waals surface area contributed by atoms with Gasteiger partial charge < -0.3 is 19.9 Å². The molecule has 34 heavy (non-hydrogen) atoms. The molecule has 1 heterocycles. The number of esters is 1. The molecule has 2 aromatic rings. The number of carbonyl (C=O) groups is 2. The van der Waals surface area contributed by atoms with E-state index in [4.69, 9.17) is 9.47 Å². The van der Waals surface area contributed by atoms with Crippen molar-refractivity contribution in [3.63, 3.8) is 0 Å². The molecule has 2 aromatic carbocycles. The molecule has 6 nitrogen and oxygen atoms in total. The highest BCUT2D eigenvalue weighted by atomic mass is 16.5. The summed E-state index contributed by atoms with van der Waals surface area (Å²) in [4.78, 5) is 23.6. The van der Waals surface area contributed by atoms with E-state index in [1.54, 1.807) is 6.07 Å². The molecule has 0 spiro atoms. The zero-order valence-corrected chi connectivity index (χ0v) is 20.0. The van der Waals surface area contributed by atoms with Crippen molar-refractivity contribution in [2.45, 2.75) is 70.9 Å². The first-order chi connectivity index (χ1) is 16.3. The fourth-order valence-electron chi connectivity index (χ4n) is 5.25. The molecule has 1 aliphatic heterocycles. The van der Waals surface area contributed by atoms with Crippen LogP contribution >= 0.6 is 0 Å². The van der Waals surface area contributed by atoms with E-state index in [0.717, 1.165) is 30.5 Å².